The van der Waals surface area contributed by atoms with Gasteiger partial charge < -0.3 is 9.64 Å². The molecule has 0 bridgehead atoms. The van der Waals surface area contributed by atoms with Gasteiger partial charge in [-0.25, -0.2) is 4.79 Å². The number of carbonyl (C=O) groups is 1. The number of cyclic esters (lactones) is 1. The fourth-order valence-corrected chi connectivity index (χ4v) is 4.89. The Morgan fingerprint density at radius 1 is 0.879 bits per heavy atom. The molecule has 0 radical (unpaired) electrons. The largest absolute Gasteiger partial charge is 0.449 e. The van der Waals surface area contributed by atoms with E-state index in [0.29, 0.717) is 5.56 Å². The molecule has 0 amide bonds. The number of nitrogens with zero attached hydrogens (tertiary/aromatic N) is 1. The molecule has 170 valence electrons. The highest BCUT2D eigenvalue weighted by molar-refractivity contribution is 6.53. The molecule has 4 rings (SSSR count). The van der Waals surface area contributed by atoms with E-state index in [4.69, 9.17) is 51.1 Å². The maximum atomic E-state index is 12.7. The number of benzene rings is 3. The maximum absolute atomic E-state index is 12.7. The van der Waals surface area contributed by atoms with Crippen LogP contribution in [0.25, 0.3) is 5.57 Å². The second-order valence-electron chi connectivity index (χ2n) is 7.94. The van der Waals surface area contributed by atoms with Crippen molar-refractivity contribution in [3.05, 3.63) is 103 Å². The normalized spacial score (nSPS) is 15.4. The van der Waals surface area contributed by atoms with Crippen molar-refractivity contribution in [2.24, 2.45) is 0 Å². The van der Waals surface area contributed by atoms with Crippen molar-refractivity contribution in [1.29, 1.82) is 0 Å². The third-order valence-corrected chi connectivity index (χ3v) is 7.53. The molecular weight excluding hydrogens is 500 g/mol. The minimum Gasteiger partial charge on any atom is -0.449 e. The number of carbonyl (C=O) groups excluding carboxylic acids is 1. The molecule has 0 saturated heterocycles. The standard InChI is InChI=1S/C26H21Cl4NO2/c1-4-14-5-7-15(8-6-14)18(16-9-11-17(12-10-16)31(2)3)13-19-20-21(26(32)33-19)23(28)25(30)24(29)22(20)27/h5-13,19H,4H2,1-3H3. The van der Waals surface area contributed by atoms with E-state index < -0.39 is 12.1 Å². The number of rotatable bonds is 5. The highest BCUT2D eigenvalue weighted by atomic mass is 35.5. The van der Waals surface area contributed by atoms with Gasteiger partial charge in [-0.15, -0.1) is 0 Å². The number of anilines is 1. The van der Waals surface area contributed by atoms with Crippen molar-refractivity contribution in [2.45, 2.75) is 19.4 Å². The van der Waals surface area contributed by atoms with Crippen molar-refractivity contribution >= 4 is 63.6 Å². The minimum atomic E-state index is -0.762. The Bertz CT molecular complexity index is 1250. The fraction of sp³-hybridized carbons (Fsp3) is 0.192. The topological polar surface area (TPSA) is 29.5 Å². The van der Waals surface area contributed by atoms with Gasteiger partial charge in [-0.2, -0.15) is 0 Å². The number of ether oxygens (including phenoxy) is 1. The molecule has 0 spiro atoms. The summed E-state index contributed by atoms with van der Waals surface area (Å²) in [5.74, 6) is -0.583. The zero-order valence-electron chi connectivity index (χ0n) is 18.3. The number of halogens is 4. The van der Waals surface area contributed by atoms with Crippen LogP contribution in [0.1, 0.15) is 45.6 Å². The van der Waals surface area contributed by atoms with Crippen LogP contribution in [-0.4, -0.2) is 20.1 Å². The maximum Gasteiger partial charge on any atom is 0.341 e. The average molecular weight is 521 g/mol. The molecule has 3 aromatic rings. The molecule has 1 heterocycles. The molecule has 0 aliphatic carbocycles. The summed E-state index contributed by atoms with van der Waals surface area (Å²) in [6, 6.07) is 16.5. The smallest absolute Gasteiger partial charge is 0.341 e. The van der Waals surface area contributed by atoms with Gasteiger partial charge in [0, 0.05) is 25.3 Å². The first-order valence-corrected chi connectivity index (χ1v) is 11.9. The molecule has 0 saturated carbocycles. The van der Waals surface area contributed by atoms with E-state index in [1.165, 1.54) is 5.56 Å². The summed E-state index contributed by atoms with van der Waals surface area (Å²) in [4.78, 5) is 14.7. The second-order valence-corrected chi connectivity index (χ2v) is 9.45. The van der Waals surface area contributed by atoms with E-state index in [1.54, 1.807) is 0 Å². The zero-order valence-corrected chi connectivity index (χ0v) is 21.3. The first kappa shape index (κ1) is 24.0. The molecule has 0 fully saturated rings. The predicted octanol–water partition coefficient (Wildman–Crippen LogP) is 8.27. The third-order valence-electron chi connectivity index (χ3n) is 5.71. The van der Waals surface area contributed by atoms with Gasteiger partial charge in [-0.05, 0) is 46.9 Å². The Balaban J connectivity index is 1.89. The van der Waals surface area contributed by atoms with Crippen molar-refractivity contribution < 1.29 is 9.53 Å². The van der Waals surface area contributed by atoms with Crippen LogP contribution < -0.4 is 4.90 Å². The fourth-order valence-electron chi connectivity index (χ4n) is 3.84. The van der Waals surface area contributed by atoms with Gasteiger partial charge in [0.05, 0.1) is 25.7 Å². The molecule has 1 atom stereocenters. The Labute approximate surface area is 213 Å². The number of hydrogen-bond donors (Lipinski definition) is 0. The van der Waals surface area contributed by atoms with Gasteiger partial charge in [0.2, 0.25) is 0 Å². The van der Waals surface area contributed by atoms with Crippen molar-refractivity contribution in [3.8, 4) is 0 Å². The average Bonchev–Trinajstić information content (AvgIpc) is 3.15. The summed E-state index contributed by atoms with van der Waals surface area (Å²) in [6.07, 6.45) is 2.06. The Morgan fingerprint density at radius 2 is 1.42 bits per heavy atom. The molecule has 3 nitrogen and oxygen atoms in total. The summed E-state index contributed by atoms with van der Waals surface area (Å²) in [5, 5.41) is 0.351. The molecule has 1 unspecified atom stereocenters. The molecule has 33 heavy (non-hydrogen) atoms. The summed E-state index contributed by atoms with van der Waals surface area (Å²) in [6.45, 7) is 2.11. The van der Waals surface area contributed by atoms with Gasteiger partial charge in [0.25, 0.3) is 0 Å². The number of fused-ring (bicyclic) bond motifs is 1. The summed E-state index contributed by atoms with van der Waals surface area (Å²) >= 11 is 25.3. The second kappa shape index (κ2) is 9.60. The molecule has 1 aliphatic heterocycles. The van der Waals surface area contributed by atoms with Gasteiger partial charge in [-0.3, -0.25) is 0 Å². The summed E-state index contributed by atoms with van der Waals surface area (Å²) < 4.78 is 5.67. The van der Waals surface area contributed by atoms with E-state index in [-0.39, 0.29) is 25.7 Å². The highest BCUT2D eigenvalue weighted by Gasteiger charge is 2.37. The van der Waals surface area contributed by atoms with Gasteiger partial charge in [0.15, 0.2) is 0 Å². The lowest BCUT2D eigenvalue weighted by molar-refractivity contribution is 0.0468. The van der Waals surface area contributed by atoms with Gasteiger partial charge in [-0.1, -0.05) is 89.7 Å². The van der Waals surface area contributed by atoms with E-state index in [0.717, 1.165) is 28.8 Å². The molecule has 0 N–H and O–H groups in total. The zero-order chi connectivity index (χ0) is 23.9. The van der Waals surface area contributed by atoms with Crippen molar-refractivity contribution in [2.75, 3.05) is 19.0 Å². The van der Waals surface area contributed by atoms with E-state index in [1.807, 2.05) is 49.3 Å². The van der Waals surface area contributed by atoms with Crippen LogP contribution in [0.2, 0.25) is 20.1 Å². The van der Waals surface area contributed by atoms with Crippen molar-refractivity contribution in [3.63, 3.8) is 0 Å². The molecule has 7 heteroatoms. The highest BCUT2D eigenvalue weighted by Crippen LogP contribution is 2.49. The molecule has 1 aliphatic rings. The summed E-state index contributed by atoms with van der Waals surface area (Å²) in [5.41, 5.74) is 5.73. The van der Waals surface area contributed by atoms with E-state index in [9.17, 15) is 4.79 Å². The minimum absolute atomic E-state index is 0.0401. The van der Waals surface area contributed by atoms with Crippen LogP contribution in [0.3, 0.4) is 0 Å². The lowest BCUT2D eigenvalue weighted by Crippen LogP contribution is -2.08. The lowest BCUT2D eigenvalue weighted by atomic mass is 9.93. The van der Waals surface area contributed by atoms with Crippen LogP contribution in [0, 0.1) is 0 Å². The van der Waals surface area contributed by atoms with Gasteiger partial charge >= 0.3 is 5.97 Å². The lowest BCUT2D eigenvalue weighted by Gasteiger charge is -2.16. The van der Waals surface area contributed by atoms with Gasteiger partial charge in [0.1, 0.15) is 6.10 Å². The number of aryl methyl sites for hydroxylation is 1. The quantitative estimate of drug-likeness (QED) is 0.192. The van der Waals surface area contributed by atoms with Crippen LogP contribution in [0.15, 0.2) is 54.6 Å². The third kappa shape index (κ3) is 4.48. The van der Waals surface area contributed by atoms with Crippen LogP contribution in [0.4, 0.5) is 5.69 Å². The molecular formula is C26H21Cl4NO2. The van der Waals surface area contributed by atoms with Crippen LogP contribution in [-0.2, 0) is 11.2 Å². The Hall–Kier alpha value is -2.17. The first-order chi connectivity index (χ1) is 15.7. The first-order valence-electron chi connectivity index (χ1n) is 10.4. The molecule has 3 aromatic carbocycles. The summed E-state index contributed by atoms with van der Waals surface area (Å²) in [7, 11) is 3.98. The van der Waals surface area contributed by atoms with E-state index >= 15 is 0 Å². The molecule has 0 aromatic heterocycles. The van der Waals surface area contributed by atoms with E-state index in [2.05, 4.69) is 31.2 Å². The van der Waals surface area contributed by atoms with Crippen LogP contribution >= 0.6 is 46.4 Å². The SMILES string of the molecule is CCc1ccc(C(=CC2OC(=O)c3c(Cl)c(Cl)c(Cl)c(Cl)c32)c2ccc(N(C)C)cc2)cc1. The Morgan fingerprint density at radius 3 is 1.97 bits per heavy atom. The number of esters is 1. The Kier molecular flexibility index (Phi) is 6.97. The van der Waals surface area contributed by atoms with Crippen LogP contribution in [0.5, 0.6) is 0 Å². The number of hydrogen-bond acceptors (Lipinski definition) is 3. The van der Waals surface area contributed by atoms with Crippen molar-refractivity contribution in [1.82, 2.24) is 0 Å². The monoisotopic (exact) mass is 519 g/mol. The predicted molar refractivity (Wildman–Crippen MR) is 138 cm³/mol.